The van der Waals surface area contributed by atoms with Gasteiger partial charge in [0.1, 0.15) is 12.9 Å². The molecular formula is C9H17ClN6O. The zero-order valence-electron chi connectivity index (χ0n) is 9.67. The molecule has 1 aromatic heterocycles. The molecule has 8 heteroatoms. The molecule has 0 saturated carbocycles. The first kappa shape index (κ1) is 13.9. The Morgan fingerprint density at radius 3 is 3.12 bits per heavy atom. The van der Waals surface area contributed by atoms with Crippen molar-refractivity contribution in [3.63, 3.8) is 0 Å². The van der Waals surface area contributed by atoms with E-state index in [-0.39, 0.29) is 30.9 Å². The summed E-state index contributed by atoms with van der Waals surface area (Å²) in [6.45, 7) is 4.20. The Hall–Kier alpha value is -1.21. The molecule has 2 rings (SSSR count). The molecule has 0 radical (unpaired) electrons. The van der Waals surface area contributed by atoms with Crippen LogP contribution in [0.25, 0.3) is 0 Å². The third-order valence-corrected chi connectivity index (χ3v) is 2.87. The number of carbonyl (C=O) groups excluding carboxylic acids is 1. The summed E-state index contributed by atoms with van der Waals surface area (Å²) in [5.74, 6) is 0.465. The number of hydrogen-bond donors (Lipinski definition) is 2. The lowest BCUT2D eigenvalue weighted by atomic mass is 9.95. The molecule has 2 atom stereocenters. The summed E-state index contributed by atoms with van der Waals surface area (Å²) in [5, 5.41) is 16.9. The molecule has 0 aliphatic carbocycles. The molecule has 7 nitrogen and oxygen atoms in total. The molecule has 2 unspecified atom stereocenters. The normalized spacial score (nSPS) is 23.8. The summed E-state index contributed by atoms with van der Waals surface area (Å²) in [7, 11) is 0. The summed E-state index contributed by atoms with van der Waals surface area (Å²) in [6, 6.07) is 0.206. The third-order valence-electron chi connectivity index (χ3n) is 2.87. The van der Waals surface area contributed by atoms with E-state index in [0.717, 1.165) is 19.5 Å². The van der Waals surface area contributed by atoms with Crippen LogP contribution in [0.2, 0.25) is 0 Å². The lowest BCUT2D eigenvalue weighted by Crippen LogP contribution is -2.50. The van der Waals surface area contributed by atoms with Crippen molar-refractivity contribution in [2.75, 3.05) is 13.1 Å². The lowest BCUT2D eigenvalue weighted by molar-refractivity contribution is -0.123. The van der Waals surface area contributed by atoms with E-state index in [9.17, 15) is 4.79 Å². The van der Waals surface area contributed by atoms with E-state index in [1.807, 2.05) is 0 Å². The number of piperidine rings is 1. The summed E-state index contributed by atoms with van der Waals surface area (Å²) in [4.78, 5) is 11.7. The van der Waals surface area contributed by atoms with Gasteiger partial charge in [-0.25, -0.2) is 4.68 Å². The smallest absolute Gasteiger partial charge is 0.242 e. The topological polar surface area (TPSA) is 84.7 Å². The molecule has 17 heavy (non-hydrogen) atoms. The largest absolute Gasteiger partial charge is 0.350 e. The molecule has 1 amide bonds. The second-order valence-electron chi connectivity index (χ2n) is 4.15. The standard InChI is InChI=1S/C9H16N6O.ClH/c1-7-2-3-10-4-8(7)12-9(16)5-15-6-11-13-14-15;/h6-8,10H,2-5H2,1H3,(H,12,16);1H. The maximum Gasteiger partial charge on any atom is 0.242 e. The maximum atomic E-state index is 11.7. The van der Waals surface area contributed by atoms with Gasteiger partial charge in [0.05, 0.1) is 0 Å². The quantitative estimate of drug-likeness (QED) is 0.744. The van der Waals surface area contributed by atoms with Gasteiger partial charge in [-0.2, -0.15) is 0 Å². The first-order valence-corrected chi connectivity index (χ1v) is 5.46. The SMILES string of the molecule is CC1CCNCC1NC(=O)Cn1cnnn1.Cl. The second-order valence-corrected chi connectivity index (χ2v) is 4.15. The van der Waals surface area contributed by atoms with Crippen LogP contribution in [-0.4, -0.2) is 45.2 Å². The number of amides is 1. The zero-order valence-corrected chi connectivity index (χ0v) is 10.5. The van der Waals surface area contributed by atoms with Gasteiger partial charge in [0.25, 0.3) is 0 Å². The number of hydrogen-bond acceptors (Lipinski definition) is 5. The van der Waals surface area contributed by atoms with Crippen LogP contribution in [0.1, 0.15) is 13.3 Å². The van der Waals surface area contributed by atoms with Crippen LogP contribution in [0.15, 0.2) is 6.33 Å². The number of nitrogens with one attached hydrogen (secondary N) is 2. The fourth-order valence-electron chi connectivity index (χ4n) is 1.84. The minimum Gasteiger partial charge on any atom is -0.350 e. The first-order valence-electron chi connectivity index (χ1n) is 5.46. The van der Waals surface area contributed by atoms with E-state index in [1.54, 1.807) is 0 Å². The van der Waals surface area contributed by atoms with Crippen LogP contribution >= 0.6 is 12.4 Å². The van der Waals surface area contributed by atoms with Crippen LogP contribution in [0, 0.1) is 5.92 Å². The van der Waals surface area contributed by atoms with Crippen molar-refractivity contribution in [3.05, 3.63) is 6.33 Å². The van der Waals surface area contributed by atoms with Gasteiger partial charge in [-0.15, -0.1) is 17.5 Å². The van der Waals surface area contributed by atoms with Gasteiger partial charge < -0.3 is 10.6 Å². The van der Waals surface area contributed by atoms with Crippen LogP contribution < -0.4 is 10.6 Å². The molecule has 0 bridgehead atoms. The van der Waals surface area contributed by atoms with Crippen molar-refractivity contribution in [2.45, 2.75) is 25.9 Å². The molecular weight excluding hydrogens is 244 g/mol. The number of nitrogens with zero attached hydrogens (tertiary/aromatic N) is 4. The highest BCUT2D eigenvalue weighted by molar-refractivity contribution is 5.85. The van der Waals surface area contributed by atoms with Gasteiger partial charge in [-0.05, 0) is 29.3 Å². The molecule has 1 aliphatic rings. The van der Waals surface area contributed by atoms with Crippen molar-refractivity contribution in [2.24, 2.45) is 5.92 Å². The highest BCUT2D eigenvalue weighted by atomic mass is 35.5. The van der Waals surface area contributed by atoms with Gasteiger partial charge in [-0.3, -0.25) is 4.79 Å². The third kappa shape index (κ3) is 3.94. The van der Waals surface area contributed by atoms with Crippen molar-refractivity contribution < 1.29 is 4.79 Å². The number of rotatable bonds is 3. The fourth-order valence-corrected chi connectivity index (χ4v) is 1.84. The number of aromatic nitrogens is 4. The maximum absolute atomic E-state index is 11.7. The zero-order chi connectivity index (χ0) is 11.4. The Morgan fingerprint density at radius 1 is 1.65 bits per heavy atom. The second kappa shape index (κ2) is 6.51. The van der Waals surface area contributed by atoms with E-state index < -0.39 is 0 Å². The van der Waals surface area contributed by atoms with Gasteiger partial charge in [-0.1, -0.05) is 6.92 Å². The molecule has 1 aliphatic heterocycles. The molecule has 0 aromatic carbocycles. The van der Waals surface area contributed by atoms with Crippen LogP contribution in [0.4, 0.5) is 0 Å². The summed E-state index contributed by atoms with van der Waals surface area (Å²) < 4.78 is 1.41. The number of carbonyl (C=O) groups is 1. The minimum atomic E-state index is -0.0483. The summed E-state index contributed by atoms with van der Waals surface area (Å²) in [6.07, 6.45) is 2.53. The van der Waals surface area contributed by atoms with Crippen LogP contribution in [-0.2, 0) is 11.3 Å². The Bertz CT molecular complexity index is 343. The van der Waals surface area contributed by atoms with Crippen LogP contribution in [0.3, 0.4) is 0 Å². The molecule has 1 saturated heterocycles. The highest BCUT2D eigenvalue weighted by Gasteiger charge is 2.22. The average Bonchev–Trinajstić information content (AvgIpc) is 2.74. The Kier molecular flexibility index (Phi) is 5.30. The van der Waals surface area contributed by atoms with Gasteiger partial charge in [0.15, 0.2) is 0 Å². The number of tetrazole rings is 1. The number of halogens is 1. The molecule has 96 valence electrons. The van der Waals surface area contributed by atoms with E-state index in [2.05, 4.69) is 33.1 Å². The highest BCUT2D eigenvalue weighted by Crippen LogP contribution is 2.10. The van der Waals surface area contributed by atoms with Crippen molar-refractivity contribution in [1.82, 2.24) is 30.8 Å². The van der Waals surface area contributed by atoms with Gasteiger partial charge in [0, 0.05) is 12.6 Å². The molecule has 2 N–H and O–H groups in total. The average molecular weight is 261 g/mol. The lowest BCUT2D eigenvalue weighted by Gasteiger charge is -2.30. The predicted molar refractivity (Wildman–Crippen MR) is 63.6 cm³/mol. The minimum absolute atomic E-state index is 0. The summed E-state index contributed by atoms with van der Waals surface area (Å²) >= 11 is 0. The molecule has 0 spiro atoms. The van der Waals surface area contributed by atoms with Crippen LogP contribution in [0.5, 0.6) is 0 Å². The fraction of sp³-hybridized carbons (Fsp3) is 0.778. The van der Waals surface area contributed by atoms with Gasteiger partial charge in [0.2, 0.25) is 5.91 Å². The molecule has 1 fully saturated rings. The van der Waals surface area contributed by atoms with E-state index in [0.29, 0.717) is 5.92 Å². The van der Waals surface area contributed by atoms with Crippen molar-refractivity contribution >= 4 is 18.3 Å². The molecule has 2 heterocycles. The summed E-state index contributed by atoms with van der Waals surface area (Å²) in [5.41, 5.74) is 0. The van der Waals surface area contributed by atoms with Crippen molar-refractivity contribution in [1.29, 1.82) is 0 Å². The van der Waals surface area contributed by atoms with E-state index >= 15 is 0 Å². The Labute approximate surface area is 106 Å². The van der Waals surface area contributed by atoms with E-state index in [1.165, 1.54) is 11.0 Å². The monoisotopic (exact) mass is 260 g/mol. The van der Waals surface area contributed by atoms with E-state index in [4.69, 9.17) is 0 Å². The first-order chi connectivity index (χ1) is 7.75. The Balaban J connectivity index is 0.00000144. The predicted octanol–water partition coefficient (Wildman–Crippen LogP) is -0.791. The van der Waals surface area contributed by atoms with Crippen molar-refractivity contribution in [3.8, 4) is 0 Å². The van der Waals surface area contributed by atoms with Gasteiger partial charge >= 0.3 is 0 Å². The Morgan fingerprint density at radius 2 is 2.47 bits per heavy atom. The molecule has 1 aromatic rings.